The Hall–Kier alpha value is -6.82. The van der Waals surface area contributed by atoms with Crippen molar-refractivity contribution in [3.05, 3.63) is 273 Å². The summed E-state index contributed by atoms with van der Waals surface area (Å²) in [5.41, 5.74) is 13.2. The van der Waals surface area contributed by atoms with Gasteiger partial charge in [-0.3, -0.25) is 0 Å². The molecule has 0 saturated heterocycles. The van der Waals surface area contributed by atoms with Gasteiger partial charge in [0.25, 0.3) is 0 Å². The second-order valence-electron chi connectivity index (χ2n) is 15.4. The van der Waals surface area contributed by atoms with Gasteiger partial charge in [0.1, 0.15) is 0 Å². The van der Waals surface area contributed by atoms with Crippen LogP contribution >= 0.6 is 22.7 Å². The summed E-state index contributed by atoms with van der Waals surface area (Å²) < 4.78 is 5.45. The third-order valence-electron chi connectivity index (χ3n) is 11.3. The predicted octanol–water partition coefficient (Wildman–Crippen LogP) is 15.2. The third kappa shape index (κ3) is 10.2. The number of thiophene rings is 2. The Kier molecular flexibility index (Phi) is 14.4. The van der Waals surface area contributed by atoms with E-state index in [1.807, 2.05) is 95.5 Å². The Morgan fingerprint density at radius 1 is 0.273 bits per heavy atom. The second kappa shape index (κ2) is 21.4. The van der Waals surface area contributed by atoms with Crippen molar-refractivity contribution in [2.75, 3.05) is 4.90 Å². The summed E-state index contributed by atoms with van der Waals surface area (Å²) in [4.78, 5) is 2.29. The van der Waals surface area contributed by atoms with E-state index in [0.717, 1.165) is 17.1 Å². The molecule has 0 aliphatic carbocycles. The zero-order valence-electron chi connectivity index (χ0n) is 36.5. The van der Waals surface area contributed by atoms with Gasteiger partial charge < -0.3 is 4.90 Å². The summed E-state index contributed by atoms with van der Waals surface area (Å²) in [6.07, 6.45) is 0. The fourth-order valence-corrected chi connectivity index (χ4v) is 10.7. The summed E-state index contributed by atoms with van der Waals surface area (Å²) in [6, 6.07) is 98.0. The molecule has 0 aliphatic heterocycles. The first kappa shape index (κ1) is 44.4. The number of hydrogen-bond donors (Lipinski definition) is 0. The smallest absolute Gasteiger partial charge is 0.311 e. The van der Waals surface area contributed by atoms with Gasteiger partial charge in [-0.05, 0) is 87.5 Å². The number of hydrogen-bond acceptors (Lipinski definition) is 3. The van der Waals surface area contributed by atoms with Crippen LogP contribution in [0.1, 0.15) is 0 Å². The first-order valence-corrected chi connectivity index (χ1v) is 23.3. The van der Waals surface area contributed by atoms with Crippen LogP contribution in [0.25, 0.3) is 74.1 Å². The SMILES string of the molecule is [Na+].[c-]1ccc(-c2ccc(-c3ccc4c(c3)sc3c5ccc(-c6ccc(-c7ccc(N(c8ccccc8)c8ccccc8)cc7)cc6)cc5sc43)cc2)cc1.[c-]1ccccc1.[c-]1ccccc1. The Balaban J connectivity index is 0.000000368. The van der Waals surface area contributed by atoms with E-state index in [1.165, 1.54) is 74.1 Å². The normalized spacial score (nSPS) is 10.6. The third-order valence-corrected chi connectivity index (χ3v) is 13.8. The maximum atomic E-state index is 3.11. The molecular formula is C62H42NNaS2-2. The topological polar surface area (TPSA) is 3.24 Å². The summed E-state index contributed by atoms with van der Waals surface area (Å²) in [6.45, 7) is 0. The van der Waals surface area contributed by atoms with E-state index in [2.05, 4.69) is 205 Å². The van der Waals surface area contributed by atoms with E-state index in [1.54, 1.807) is 0 Å². The zero-order valence-corrected chi connectivity index (χ0v) is 40.1. The van der Waals surface area contributed by atoms with Gasteiger partial charge >= 0.3 is 29.6 Å². The van der Waals surface area contributed by atoms with Crippen molar-refractivity contribution in [2.24, 2.45) is 0 Å². The summed E-state index contributed by atoms with van der Waals surface area (Å²) in [5.74, 6) is 0. The van der Waals surface area contributed by atoms with Gasteiger partial charge in [-0.2, -0.15) is 103 Å². The fraction of sp³-hybridized carbons (Fsp3) is 0. The summed E-state index contributed by atoms with van der Waals surface area (Å²) in [5, 5.41) is 2.69. The fourth-order valence-electron chi connectivity index (χ4n) is 7.99. The van der Waals surface area contributed by atoms with Crippen molar-refractivity contribution < 1.29 is 29.6 Å². The van der Waals surface area contributed by atoms with Crippen molar-refractivity contribution in [1.82, 2.24) is 0 Å². The second-order valence-corrected chi connectivity index (χ2v) is 17.5. The number of para-hydroxylation sites is 2. The van der Waals surface area contributed by atoms with Gasteiger partial charge in [0, 0.05) is 37.2 Å². The molecule has 12 rings (SSSR count). The monoisotopic (exact) mass is 887 g/mol. The predicted molar refractivity (Wildman–Crippen MR) is 281 cm³/mol. The van der Waals surface area contributed by atoms with Crippen molar-refractivity contribution in [1.29, 1.82) is 0 Å². The molecule has 0 atom stereocenters. The molecule has 0 saturated carbocycles. The maximum Gasteiger partial charge on any atom is 1.00 e. The average molecular weight is 888 g/mol. The number of anilines is 3. The van der Waals surface area contributed by atoms with E-state index in [-0.39, 0.29) is 29.6 Å². The molecular weight excluding hydrogens is 846 g/mol. The van der Waals surface area contributed by atoms with Crippen molar-refractivity contribution >= 4 is 69.3 Å². The van der Waals surface area contributed by atoms with Crippen LogP contribution in [0.4, 0.5) is 17.1 Å². The van der Waals surface area contributed by atoms with Crippen LogP contribution in [0.15, 0.2) is 255 Å². The minimum atomic E-state index is 0. The molecule has 66 heavy (non-hydrogen) atoms. The average Bonchev–Trinajstić information content (AvgIpc) is 3.94. The van der Waals surface area contributed by atoms with Gasteiger partial charge in [0.05, 0.1) is 9.40 Å². The first-order chi connectivity index (χ1) is 32.2. The van der Waals surface area contributed by atoms with Gasteiger partial charge in [-0.15, -0.1) is 28.2 Å². The van der Waals surface area contributed by atoms with E-state index < -0.39 is 0 Å². The van der Waals surface area contributed by atoms with Crippen LogP contribution in [0.2, 0.25) is 0 Å². The molecule has 0 N–H and O–H groups in total. The number of nitrogens with zero attached hydrogens (tertiary/aromatic N) is 1. The zero-order chi connectivity index (χ0) is 43.6. The van der Waals surface area contributed by atoms with E-state index in [4.69, 9.17) is 0 Å². The van der Waals surface area contributed by atoms with Crippen LogP contribution in [-0.2, 0) is 0 Å². The molecule has 0 aliphatic rings. The maximum absolute atomic E-state index is 3.11. The largest absolute Gasteiger partial charge is 1.00 e. The van der Waals surface area contributed by atoms with Gasteiger partial charge in [-0.25, -0.2) is 0 Å². The molecule has 0 unspecified atom stereocenters. The van der Waals surface area contributed by atoms with E-state index in [0.29, 0.717) is 0 Å². The van der Waals surface area contributed by atoms with Crippen LogP contribution in [0.3, 0.4) is 0 Å². The Labute approximate surface area is 417 Å². The molecule has 2 aromatic heterocycles. The molecule has 0 fully saturated rings. The molecule has 0 spiro atoms. The van der Waals surface area contributed by atoms with Crippen LogP contribution in [0.5, 0.6) is 0 Å². The van der Waals surface area contributed by atoms with E-state index >= 15 is 0 Å². The minimum Gasteiger partial charge on any atom is -0.311 e. The van der Waals surface area contributed by atoms with Gasteiger partial charge in [0.15, 0.2) is 0 Å². The molecule has 2 heterocycles. The molecule has 12 aromatic rings. The van der Waals surface area contributed by atoms with Gasteiger partial charge in [0.2, 0.25) is 0 Å². The Morgan fingerprint density at radius 3 is 0.939 bits per heavy atom. The van der Waals surface area contributed by atoms with Crippen molar-refractivity contribution in [3.63, 3.8) is 0 Å². The summed E-state index contributed by atoms with van der Waals surface area (Å²) in [7, 11) is 0. The molecule has 0 radical (unpaired) electrons. The summed E-state index contributed by atoms with van der Waals surface area (Å²) >= 11 is 3.82. The van der Waals surface area contributed by atoms with Crippen LogP contribution in [-0.4, -0.2) is 0 Å². The van der Waals surface area contributed by atoms with Gasteiger partial charge in [-0.1, -0.05) is 121 Å². The first-order valence-electron chi connectivity index (χ1n) is 21.6. The van der Waals surface area contributed by atoms with Crippen LogP contribution < -0.4 is 34.5 Å². The van der Waals surface area contributed by atoms with Crippen LogP contribution in [0, 0.1) is 18.2 Å². The minimum absolute atomic E-state index is 0. The quantitative estimate of drug-likeness (QED) is 0.114. The van der Waals surface area contributed by atoms with Crippen molar-refractivity contribution in [2.45, 2.75) is 0 Å². The number of rotatable bonds is 7. The molecule has 0 amide bonds. The van der Waals surface area contributed by atoms with Crippen molar-refractivity contribution in [3.8, 4) is 44.5 Å². The molecule has 10 aromatic carbocycles. The molecule has 310 valence electrons. The standard InChI is InChI=1S/C50H32NS2.2C6H5.Na/c1-4-10-34(11-5-1)35-16-20-38(21-17-35)40-26-30-45-47(32-40)52-50-46-31-27-41(33-48(46)53-49(45)50)39-22-18-36(19-23-39)37-24-28-44(29-25-37)51(42-12-6-2-7-13-42)43-14-8-3-9-15-43;2*1-2-4-6-5-3-1;/h2-33H;2*1-5H;/q3*-1;+1. The molecule has 0 bridgehead atoms. The molecule has 4 heteroatoms. The number of benzene rings is 10. The van der Waals surface area contributed by atoms with E-state index in [9.17, 15) is 0 Å². The Morgan fingerprint density at radius 2 is 0.576 bits per heavy atom. The Bertz CT molecular complexity index is 3250. The number of fused-ring (bicyclic) bond motifs is 5. The molecule has 1 nitrogen and oxygen atoms in total.